The van der Waals surface area contributed by atoms with E-state index in [-0.39, 0.29) is 5.41 Å². The van der Waals surface area contributed by atoms with Gasteiger partial charge in [-0.15, -0.1) is 0 Å². The molecule has 0 bridgehead atoms. The van der Waals surface area contributed by atoms with Crippen molar-refractivity contribution in [2.45, 2.75) is 110 Å². The smallest absolute Gasteiger partial charge is 0.0753 e. The monoisotopic (exact) mass is 343 g/mol. The Labute approximate surface area is 157 Å². The van der Waals surface area contributed by atoms with Gasteiger partial charge in [0, 0.05) is 0 Å². The molecule has 0 aromatic carbocycles. The highest BCUT2D eigenvalue weighted by molar-refractivity contribution is 5.14. The van der Waals surface area contributed by atoms with Crippen LogP contribution in [0.3, 0.4) is 0 Å². The van der Waals surface area contributed by atoms with Crippen LogP contribution in [0.5, 0.6) is 0 Å². The van der Waals surface area contributed by atoms with E-state index in [4.69, 9.17) is 0 Å². The Hall–Kier alpha value is -0.770. The molecule has 1 nitrogen and oxygen atoms in total. The average Bonchev–Trinajstić information content (AvgIpc) is 2.67. The van der Waals surface area contributed by atoms with E-state index in [0.29, 0.717) is 0 Å². The summed E-state index contributed by atoms with van der Waals surface area (Å²) in [6, 6.07) is 2.67. The summed E-state index contributed by atoms with van der Waals surface area (Å²) >= 11 is 0. The van der Waals surface area contributed by atoms with Gasteiger partial charge in [-0.25, -0.2) is 0 Å². The fourth-order valence-corrected chi connectivity index (χ4v) is 5.20. The summed E-state index contributed by atoms with van der Waals surface area (Å²) in [7, 11) is 0. The zero-order valence-electron chi connectivity index (χ0n) is 16.9. The molecule has 2 aliphatic carbocycles. The molecule has 2 fully saturated rings. The summed E-state index contributed by atoms with van der Waals surface area (Å²) in [4.78, 5) is 0. The average molecular weight is 344 g/mol. The number of nitrogens with zero attached hydrogens (tertiary/aromatic N) is 1. The number of nitriles is 1. The number of rotatable bonds is 9. The fraction of sp³-hybridized carbons (Fsp3) is 0.875. The van der Waals surface area contributed by atoms with Crippen molar-refractivity contribution < 1.29 is 0 Å². The molecule has 2 saturated carbocycles. The van der Waals surface area contributed by atoms with E-state index in [1.54, 1.807) is 0 Å². The van der Waals surface area contributed by atoms with Gasteiger partial charge in [-0.05, 0) is 62.7 Å². The van der Waals surface area contributed by atoms with Crippen LogP contribution in [0.2, 0.25) is 0 Å². The molecule has 0 spiro atoms. The van der Waals surface area contributed by atoms with Crippen molar-refractivity contribution in [3.8, 4) is 6.07 Å². The molecule has 0 unspecified atom stereocenters. The van der Waals surface area contributed by atoms with Gasteiger partial charge >= 0.3 is 0 Å². The first-order valence-corrected chi connectivity index (χ1v) is 11.3. The number of unbranched alkanes of at least 4 members (excludes halogenated alkanes) is 4. The Bertz CT molecular complexity index is 414. The summed E-state index contributed by atoms with van der Waals surface area (Å²) in [6.45, 7) is 4.54. The normalized spacial score (nSPS) is 33.4. The molecule has 0 heterocycles. The molecule has 0 aliphatic heterocycles. The van der Waals surface area contributed by atoms with E-state index >= 15 is 0 Å². The molecule has 0 atom stereocenters. The maximum Gasteiger partial charge on any atom is 0.0753 e. The summed E-state index contributed by atoms with van der Waals surface area (Å²) in [5.41, 5.74) is -0.137. The highest BCUT2D eigenvalue weighted by Gasteiger charge is 2.37. The van der Waals surface area contributed by atoms with E-state index in [1.807, 2.05) is 0 Å². The molecular formula is C24H41N. The van der Waals surface area contributed by atoms with Crippen LogP contribution in [0.15, 0.2) is 12.2 Å². The Morgan fingerprint density at radius 3 is 2.12 bits per heavy atom. The molecule has 1 heteroatoms. The van der Waals surface area contributed by atoms with Gasteiger partial charge in [0.1, 0.15) is 0 Å². The Morgan fingerprint density at radius 1 is 0.880 bits per heavy atom. The molecule has 2 rings (SSSR count). The van der Waals surface area contributed by atoms with Crippen molar-refractivity contribution in [1.82, 2.24) is 0 Å². The van der Waals surface area contributed by atoms with Gasteiger partial charge in [0.2, 0.25) is 0 Å². The first-order chi connectivity index (χ1) is 12.2. The van der Waals surface area contributed by atoms with Crippen LogP contribution < -0.4 is 0 Å². The van der Waals surface area contributed by atoms with E-state index in [9.17, 15) is 5.26 Å². The van der Waals surface area contributed by atoms with Crippen LogP contribution in [0, 0.1) is 34.5 Å². The molecule has 0 N–H and O–H groups in total. The first kappa shape index (κ1) is 20.5. The zero-order chi connectivity index (χ0) is 18.0. The first-order valence-electron chi connectivity index (χ1n) is 11.3. The van der Waals surface area contributed by atoms with Crippen molar-refractivity contribution in [2.75, 3.05) is 0 Å². The molecule has 0 aromatic heterocycles. The van der Waals surface area contributed by atoms with Gasteiger partial charge in [-0.3, -0.25) is 0 Å². The number of hydrogen-bond acceptors (Lipinski definition) is 1. The van der Waals surface area contributed by atoms with Crippen molar-refractivity contribution in [1.29, 1.82) is 5.26 Å². The lowest BCUT2D eigenvalue weighted by Crippen LogP contribution is -2.30. The predicted octanol–water partition coefficient (Wildman–Crippen LogP) is 7.82. The van der Waals surface area contributed by atoms with Gasteiger partial charge in [-0.2, -0.15) is 5.26 Å². The predicted molar refractivity (Wildman–Crippen MR) is 108 cm³/mol. The highest BCUT2D eigenvalue weighted by atomic mass is 14.4. The molecule has 0 amide bonds. The van der Waals surface area contributed by atoms with Crippen molar-refractivity contribution >= 4 is 0 Å². The fourth-order valence-electron chi connectivity index (χ4n) is 5.20. The minimum atomic E-state index is -0.137. The standard InChI is InChI=1S/C24H41N/c1-3-5-7-9-17-24(20-25)18-15-23(16-19-24)22-13-11-21(12-14-22)10-8-6-4-2/h9,17,21-23H,3-8,10-16,18-19H2,1-2H3/b17-9-. The van der Waals surface area contributed by atoms with Crippen LogP contribution in [0.1, 0.15) is 110 Å². The van der Waals surface area contributed by atoms with Gasteiger partial charge in [0.25, 0.3) is 0 Å². The van der Waals surface area contributed by atoms with Crippen LogP contribution in [0.4, 0.5) is 0 Å². The largest absolute Gasteiger partial charge is 0.197 e. The lowest BCUT2D eigenvalue weighted by molar-refractivity contribution is 0.136. The van der Waals surface area contributed by atoms with Gasteiger partial charge in [0.15, 0.2) is 0 Å². The second-order valence-corrected chi connectivity index (χ2v) is 8.93. The molecule has 0 radical (unpaired) electrons. The number of allylic oxidation sites excluding steroid dienone is 2. The third kappa shape index (κ3) is 6.47. The third-order valence-electron chi connectivity index (χ3n) is 7.08. The SMILES string of the molecule is CCCC/C=C\C1(C#N)CCC(C2CCC(CCCCC)CC2)CC1. The molecular weight excluding hydrogens is 302 g/mol. The van der Waals surface area contributed by atoms with Crippen molar-refractivity contribution in [3.05, 3.63) is 12.2 Å². The maximum atomic E-state index is 9.73. The van der Waals surface area contributed by atoms with E-state index in [1.165, 1.54) is 77.0 Å². The van der Waals surface area contributed by atoms with Crippen LogP contribution in [-0.4, -0.2) is 0 Å². The van der Waals surface area contributed by atoms with Gasteiger partial charge in [-0.1, -0.05) is 77.4 Å². The topological polar surface area (TPSA) is 23.8 Å². The maximum absolute atomic E-state index is 9.73. The van der Waals surface area contributed by atoms with Crippen LogP contribution >= 0.6 is 0 Å². The van der Waals surface area contributed by atoms with Gasteiger partial charge < -0.3 is 0 Å². The third-order valence-corrected chi connectivity index (χ3v) is 7.08. The zero-order valence-corrected chi connectivity index (χ0v) is 16.9. The second-order valence-electron chi connectivity index (χ2n) is 8.93. The summed E-state index contributed by atoms with van der Waals surface area (Å²) < 4.78 is 0. The summed E-state index contributed by atoms with van der Waals surface area (Å²) in [5, 5.41) is 9.73. The lowest BCUT2D eigenvalue weighted by Gasteiger charge is -2.39. The highest BCUT2D eigenvalue weighted by Crippen LogP contribution is 2.46. The number of hydrogen-bond donors (Lipinski definition) is 0. The molecule has 142 valence electrons. The summed E-state index contributed by atoms with van der Waals surface area (Å²) in [5.74, 6) is 2.89. The van der Waals surface area contributed by atoms with Crippen molar-refractivity contribution in [2.24, 2.45) is 23.2 Å². The molecule has 2 aliphatic rings. The lowest BCUT2D eigenvalue weighted by atomic mass is 9.64. The van der Waals surface area contributed by atoms with Crippen LogP contribution in [-0.2, 0) is 0 Å². The van der Waals surface area contributed by atoms with E-state index < -0.39 is 0 Å². The molecule has 25 heavy (non-hydrogen) atoms. The Balaban J connectivity index is 1.73. The van der Waals surface area contributed by atoms with Crippen LogP contribution in [0.25, 0.3) is 0 Å². The molecule has 0 saturated heterocycles. The molecule has 0 aromatic rings. The van der Waals surface area contributed by atoms with Gasteiger partial charge in [0.05, 0.1) is 11.5 Å². The Morgan fingerprint density at radius 2 is 1.52 bits per heavy atom. The minimum Gasteiger partial charge on any atom is -0.197 e. The Kier molecular flexibility index (Phi) is 9.08. The van der Waals surface area contributed by atoms with E-state index in [2.05, 4.69) is 32.1 Å². The quantitative estimate of drug-likeness (QED) is 0.309. The van der Waals surface area contributed by atoms with Crippen molar-refractivity contribution in [3.63, 3.8) is 0 Å². The summed E-state index contributed by atoms with van der Waals surface area (Å²) in [6.07, 6.45) is 24.6. The minimum absolute atomic E-state index is 0.137. The second kappa shape index (κ2) is 11.1. The van der Waals surface area contributed by atoms with E-state index in [0.717, 1.165) is 37.0 Å².